The molecule has 0 aromatic heterocycles. The first-order valence-electron chi connectivity index (χ1n) is 5.98. The highest BCUT2D eigenvalue weighted by atomic mass is 35.5. The van der Waals surface area contributed by atoms with Gasteiger partial charge in [0.25, 0.3) is 0 Å². The number of hydrogen-bond acceptors (Lipinski definition) is 2. The minimum Gasteiger partial charge on any atom is -0.211 e. The van der Waals surface area contributed by atoms with Gasteiger partial charge in [0.2, 0.25) is 10.0 Å². The first kappa shape index (κ1) is 17.3. The lowest BCUT2D eigenvalue weighted by atomic mass is 10.2. The Balaban J connectivity index is 2.94. The predicted octanol–water partition coefficient (Wildman–Crippen LogP) is 3.39. The Labute approximate surface area is 121 Å². The highest BCUT2D eigenvalue weighted by Crippen LogP contribution is 2.33. The average Bonchev–Trinajstić information content (AvgIpc) is 2.37. The Morgan fingerprint density at radius 1 is 1.30 bits per heavy atom. The van der Waals surface area contributed by atoms with Crippen molar-refractivity contribution in [3.05, 3.63) is 29.8 Å². The van der Waals surface area contributed by atoms with Crippen LogP contribution in [0.5, 0.6) is 0 Å². The molecule has 1 rings (SSSR count). The molecule has 0 aliphatic carbocycles. The molecular weight excluding hydrogens is 315 g/mol. The van der Waals surface area contributed by atoms with Crippen molar-refractivity contribution in [1.82, 2.24) is 4.72 Å². The van der Waals surface area contributed by atoms with Gasteiger partial charge in [-0.3, -0.25) is 0 Å². The van der Waals surface area contributed by atoms with Gasteiger partial charge >= 0.3 is 6.18 Å². The second-order valence-electron chi connectivity index (χ2n) is 4.19. The van der Waals surface area contributed by atoms with E-state index in [0.717, 1.165) is 18.2 Å². The van der Waals surface area contributed by atoms with Crippen molar-refractivity contribution in [3.63, 3.8) is 0 Å². The Hall–Kier alpha value is -0.790. The van der Waals surface area contributed by atoms with Crippen molar-refractivity contribution in [2.45, 2.75) is 36.2 Å². The van der Waals surface area contributed by atoms with Crippen LogP contribution >= 0.6 is 11.6 Å². The molecule has 1 aromatic carbocycles. The van der Waals surface area contributed by atoms with Crippen molar-refractivity contribution in [2.75, 3.05) is 6.54 Å². The van der Waals surface area contributed by atoms with Crippen LogP contribution in [0.2, 0.25) is 0 Å². The van der Waals surface area contributed by atoms with E-state index in [1.165, 1.54) is 6.07 Å². The molecule has 0 saturated carbocycles. The van der Waals surface area contributed by atoms with Gasteiger partial charge in [-0.25, -0.2) is 13.1 Å². The lowest BCUT2D eigenvalue weighted by Crippen LogP contribution is -2.28. The fraction of sp³-hybridized carbons (Fsp3) is 0.500. The molecule has 1 N–H and O–H groups in total. The van der Waals surface area contributed by atoms with Crippen molar-refractivity contribution in [2.24, 2.45) is 0 Å². The van der Waals surface area contributed by atoms with Gasteiger partial charge in [-0.05, 0) is 25.0 Å². The van der Waals surface area contributed by atoms with E-state index in [0.29, 0.717) is 12.8 Å². The molecule has 0 spiro atoms. The Morgan fingerprint density at radius 3 is 2.45 bits per heavy atom. The SMILES string of the molecule is CCC(Cl)CCNS(=O)(=O)c1ccccc1C(F)(F)F. The summed E-state index contributed by atoms with van der Waals surface area (Å²) in [6.07, 6.45) is -3.71. The van der Waals surface area contributed by atoms with Crippen LogP contribution in [-0.4, -0.2) is 20.3 Å². The monoisotopic (exact) mass is 329 g/mol. The second-order valence-corrected chi connectivity index (χ2v) is 6.54. The fourth-order valence-corrected chi connectivity index (χ4v) is 2.95. The van der Waals surface area contributed by atoms with Gasteiger partial charge in [0.15, 0.2) is 0 Å². The van der Waals surface area contributed by atoms with Crippen molar-refractivity contribution in [3.8, 4) is 0 Å². The van der Waals surface area contributed by atoms with Gasteiger partial charge in [0.05, 0.1) is 10.5 Å². The predicted molar refractivity (Wildman–Crippen MR) is 71.2 cm³/mol. The molecule has 8 heteroatoms. The third kappa shape index (κ3) is 4.64. The fourth-order valence-electron chi connectivity index (χ4n) is 1.57. The highest BCUT2D eigenvalue weighted by molar-refractivity contribution is 7.89. The number of halogens is 4. The summed E-state index contributed by atoms with van der Waals surface area (Å²) in [6, 6.07) is 4.07. The number of sulfonamides is 1. The molecule has 0 radical (unpaired) electrons. The molecule has 0 fully saturated rings. The van der Waals surface area contributed by atoms with Crippen LogP contribution in [0.1, 0.15) is 25.3 Å². The van der Waals surface area contributed by atoms with E-state index in [4.69, 9.17) is 11.6 Å². The van der Waals surface area contributed by atoms with Crippen LogP contribution in [0.4, 0.5) is 13.2 Å². The van der Waals surface area contributed by atoms with Crippen LogP contribution < -0.4 is 4.72 Å². The van der Waals surface area contributed by atoms with Crippen molar-refractivity contribution < 1.29 is 21.6 Å². The molecule has 114 valence electrons. The summed E-state index contributed by atoms with van der Waals surface area (Å²) in [7, 11) is -4.21. The maximum absolute atomic E-state index is 12.8. The van der Waals surface area contributed by atoms with Gasteiger partial charge in [0.1, 0.15) is 0 Å². The van der Waals surface area contributed by atoms with Gasteiger partial charge < -0.3 is 0 Å². The topological polar surface area (TPSA) is 46.2 Å². The lowest BCUT2D eigenvalue weighted by Gasteiger charge is -2.14. The number of alkyl halides is 4. The van der Waals surface area contributed by atoms with Crippen LogP contribution in [-0.2, 0) is 16.2 Å². The molecule has 1 unspecified atom stereocenters. The largest absolute Gasteiger partial charge is 0.417 e. The Bertz CT molecular complexity index is 546. The van der Waals surface area contributed by atoms with E-state index in [-0.39, 0.29) is 11.9 Å². The van der Waals surface area contributed by atoms with Crippen molar-refractivity contribution >= 4 is 21.6 Å². The zero-order chi connectivity index (χ0) is 15.4. The molecule has 0 bridgehead atoms. The van der Waals surface area contributed by atoms with E-state index in [1.807, 2.05) is 6.92 Å². The van der Waals surface area contributed by atoms with E-state index >= 15 is 0 Å². The van der Waals surface area contributed by atoms with E-state index in [1.54, 1.807) is 0 Å². The lowest BCUT2D eigenvalue weighted by molar-refractivity contribution is -0.139. The summed E-state index contributed by atoms with van der Waals surface area (Å²) < 4.78 is 64.3. The van der Waals surface area contributed by atoms with E-state index in [9.17, 15) is 21.6 Å². The van der Waals surface area contributed by atoms with Gasteiger partial charge in [-0.2, -0.15) is 13.2 Å². The van der Waals surface area contributed by atoms with Crippen LogP contribution in [0.3, 0.4) is 0 Å². The summed E-state index contributed by atoms with van der Waals surface area (Å²) in [4.78, 5) is -0.768. The molecule has 0 saturated heterocycles. The minimum absolute atomic E-state index is 0.00344. The maximum atomic E-state index is 12.8. The number of benzene rings is 1. The molecule has 0 heterocycles. The summed E-state index contributed by atoms with van der Waals surface area (Å²) >= 11 is 5.83. The number of rotatable bonds is 6. The standard InChI is InChI=1S/C12H15ClF3NO2S/c1-2-9(13)7-8-17-20(18,19)11-6-4-3-5-10(11)12(14,15)16/h3-6,9,17H,2,7-8H2,1H3. The van der Waals surface area contributed by atoms with Crippen LogP contribution in [0.25, 0.3) is 0 Å². The molecule has 1 atom stereocenters. The van der Waals surface area contributed by atoms with E-state index in [2.05, 4.69) is 4.72 Å². The van der Waals surface area contributed by atoms with Gasteiger partial charge in [-0.15, -0.1) is 11.6 Å². The average molecular weight is 330 g/mol. The molecule has 0 amide bonds. The summed E-state index contributed by atoms with van der Waals surface area (Å²) in [5.74, 6) is 0. The Morgan fingerprint density at radius 2 is 1.90 bits per heavy atom. The second kappa shape index (κ2) is 6.78. The molecular formula is C12H15ClF3NO2S. The van der Waals surface area contributed by atoms with Crippen molar-refractivity contribution in [1.29, 1.82) is 0 Å². The zero-order valence-electron chi connectivity index (χ0n) is 10.7. The quantitative estimate of drug-likeness (QED) is 0.813. The summed E-state index contributed by atoms with van der Waals surface area (Å²) in [5, 5.41) is -0.212. The van der Waals surface area contributed by atoms with Crippen LogP contribution in [0, 0.1) is 0 Å². The molecule has 3 nitrogen and oxygen atoms in total. The van der Waals surface area contributed by atoms with Gasteiger partial charge in [-0.1, -0.05) is 19.1 Å². The van der Waals surface area contributed by atoms with E-state index < -0.39 is 26.7 Å². The zero-order valence-corrected chi connectivity index (χ0v) is 12.3. The first-order chi connectivity index (χ1) is 9.18. The maximum Gasteiger partial charge on any atom is 0.417 e. The molecule has 0 aliphatic heterocycles. The smallest absolute Gasteiger partial charge is 0.211 e. The summed E-state index contributed by atoms with van der Waals surface area (Å²) in [5.41, 5.74) is -1.18. The third-order valence-electron chi connectivity index (χ3n) is 2.67. The third-order valence-corrected chi connectivity index (χ3v) is 4.72. The number of nitrogens with one attached hydrogen (secondary N) is 1. The highest BCUT2D eigenvalue weighted by Gasteiger charge is 2.36. The molecule has 1 aromatic rings. The number of hydrogen-bond donors (Lipinski definition) is 1. The minimum atomic E-state index is -4.72. The molecule has 0 aliphatic rings. The summed E-state index contributed by atoms with van der Waals surface area (Å²) in [6.45, 7) is 1.83. The molecule has 20 heavy (non-hydrogen) atoms. The Kier molecular flexibility index (Phi) is 5.85. The van der Waals surface area contributed by atoms with Gasteiger partial charge in [0, 0.05) is 11.9 Å². The first-order valence-corrected chi connectivity index (χ1v) is 7.90. The normalized spacial score (nSPS) is 14.2. The van der Waals surface area contributed by atoms with Crippen LogP contribution in [0.15, 0.2) is 29.2 Å².